The lowest BCUT2D eigenvalue weighted by atomic mass is 10.1. The van der Waals surface area contributed by atoms with E-state index in [0.717, 1.165) is 32.1 Å². The molecule has 0 heterocycles. The number of allylic oxidation sites excluding steroid dienone is 1. The average Bonchev–Trinajstić information content (AvgIpc) is 2.52. The van der Waals surface area contributed by atoms with Crippen molar-refractivity contribution >= 4 is 5.97 Å². The van der Waals surface area contributed by atoms with Crippen LogP contribution in [0.5, 0.6) is 0 Å². The molecule has 1 atom stereocenters. The van der Waals surface area contributed by atoms with Crippen molar-refractivity contribution in [2.75, 3.05) is 0 Å². The summed E-state index contributed by atoms with van der Waals surface area (Å²) in [5.41, 5.74) is 0. The molecule has 0 rings (SSSR count). The van der Waals surface area contributed by atoms with E-state index < -0.39 is 0 Å². The molecule has 0 aromatic carbocycles. The second kappa shape index (κ2) is 16.3. The van der Waals surface area contributed by atoms with Gasteiger partial charge in [-0.3, -0.25) is 4.79 Å². The molecule has 0 N–H and O–H groups in total. The van der Waals surface area contributed by atoms with Crippen molar-refractivity contribution in [3.05, 3.63) is 25.3 Å². The summed E-state index contributed by atoms with van der Waals surface area (Å²) in [5.74, 6) is -0.0652. The number of rotatable bonds is 16. The topological polar surface area (TPSA) is 26.3 Å². The van der Waals surface area contributed by atoms with Crippen LogP contribution in [0, 0.1) is 0 Å². The number of carbonyl (C=O) groups is 1. The smallest absolute Gasteiger partial charge is 0.306 e. The highest BCUT2D eigenvalue weighted by Crippen LogP contribution is 2.12. The first-order valence-electron chi connectivity index (χ1n) is 9.17. The minimum atomic E-state index is -0.0956. The van der Waals surface area contributed by atoms with E-state index in [4.69, 9.17) is 4.74 Å². The Morgan fingerprint density at radius 1 is 0.955 bits per heavy atom. The number of ether oxygens (including phenoxy) is 1. The Labute approximate surface area is 138 Å². The molecule has 0 spiro atoms. The molecule has 0 bridgehead atoms. The van der Waals surface area contributed by atoms with Crippen molar-refractivity contribution in [2.24, 2.45) is 0 Å². The summed E-state index contributed by atoms with van der Waals surface area (Å²) in [5, 5.41) is 0. The van der Waals surface area contributed by atoms with E-state index in [1.807, 2.05) is 6.08 Å². The first kappa shape index (κ1) is 20.9. The molecule has 0 unspecified atom stereocenters. The third kappa shape index (κ3) is 13.9. The number of carbonyl (C=O) groups excluding carboxylic acids is 1. The van der Waals surface area contributed by atoms with Crippen LogP contribution in [0.1, 0.15) is 90.4 Å². The average molecular weight is 309 g/mol. The Kier molecular flexibility index (Phi) is 15.5. The van der Waals surface area contributed by atoms with Gasteiger partial charge in [0.05, 0.1) is 0 Å². The van der Waals surface area contributed by atoms with E-state index in [9.17, 15) is 4.79 Å². The minimum Gasteiger partial charge on any atom is -0.458 e. The summed E-state index contributed by atoms with van der Waals surface area (Å²) in [4.78, 5) is 11.8. The van der Waals surface area contributed by atoms with Crippen molar-refractivity contribution in [2.45, 2.75) is 96.5 Å². The third-order valence-corrected chi connectivity index (χ3v) is 3.93. The predicted octanol–water partition coefficient (Wildman–Crippen LogP) is 6.36. The van der Waals surface area contributed by atoms with Gasteiger partial charge in [-0.1, -0.05) is 70.6 Å². The van der Waals surface area contributed by atoms with Gasteiger partial charge in [0.2, 0.25) is 0 Å². The Bertz CT molecular complexity index is 283. The second-order valence-corrected chi connectivity index (χ2v) is 6.06. The van der Waals surface area contributed by atoms with Crippen LogP contribution in [0.3, 0.4) is 0 Å². The molecular weight excluding hydrogens is 272 g/mol. The third-order valence-electron chi connectivity index (χ3n) is 3.93. The molecule has 22 heavy (non-hydrogen) atoms. The molecule has 0 aliphatic heterocycles. The van der Waals surface area contributed by atoms with Crippen LogP contribution >= 0.6 is 0 Å². The molecule has 0 saturated heterocycles. The fourth-order valence-electron chi connectivity index (χ4n) is 2.49. The van der Waals surface area contributed by atoms with Crippen LogP contribution in [0.25, 0.3) is 0 Å². The Morgan fingerprint density at radius 2 is 1.59 bits per heavy atom. The molecule has 0 aliphatic carbocycles. The first-order chi connectivity index (χ1) is 10.7. The molecular formula is C20H36O2. The lowest BCUT2D eigenvalue weighted by Crippen LogP contribution is -2.15. The molecule has 2 nitrogen and oxygen atoms in total. The summed E-state index contributed by atoms with van der Waals surface area (Å²) >= 11 is 0. The number of hydrogen-bond donors (Lipinski definition) is 0. The molecule has 0 aliphatic rings. The first-order valence-corrected chi connectivity index (χ1v) is 9.17. The Hall–Kier alpha value is -1.05. The molecule has 0 saturated carbocycles. The summed E-state index contributed by atoms with van der Waals surface area (Å²) < 4.78 is 5.48. The standard InChI is InChI=1S/C20H36O2/c1-4-7-9-11-12-14-16-18-20(21)22-19(6-3)17-15-13-10-8-5-2/h4,6,19H,1,3,5,7-18H2,2H3/t19-/m1/s1. The van der Waals surface area contributed by atoms with E-state index in [2.05, 4.69) is 20.1 Å². The zero-order valence-corrected chi connectivity index (χ0v) is 14.7. The van der Waals surface area contributed by atoms with Gasteiger partial charge in [-0.05, 0) is 32.1 Å². The molecule has 2 heteroatoms. The van der Waals surface area contributed by atoms with Gasteiger partial charge in [-0.2, -0.15) is 0 Å². The van der Waals surface area contributed by atoms with Gasteiger partial charge in [0.15, 0.2) is 0 Å². The van der Waals surface area contributed by atoms with Crippen molar-refractivity contribution in [3.8, 4) is 0 Å². The summed E-state index contributed by atoms with van der Waals surface area (Å²) in [6.45, 7) is 9.72. The number of unbranched alkanes of at least 4 members (excludes halogenated alkanes) is 9. The van der Waals surface area contributed by atoms with E-state index in [1.165, 1.54) is 44.9 Å². The van der Waals surface area contributed by atoms with Crippen LogP contribution < -0.4 is 0 Å². The quantitative estimate of drug-likeness (QED) is 0.188. The zero-order chi connectivity index (χ0) is 16.5. The fourth-order valence-corrected chi connectivity index (χ4v) is 2.49. The molecule has 0 fully saturated rings. The molecule has 0 amide bonds. The van der Waals surface area contributed by atoms with Crippen molar-refractivity contribution in [3.63, 3.8) is 0 Å². The van der Waals surface area contributed by atoms with E-state index in [1.54, 1.807) is 6.08 Å². The van der Waals surface area contributed by atoms with Gasteiger partial charge >= 0.3 is 5.97 Å². The second-order valence-electron chi connectivity index (χ2n) is 6.06. The maximum Gasteiger partial charge on any atom is 0.306 e. The highest BCUT2D eigenvalue weighted by Gasteiger charge is 2.10. The SMILES string of the molecule is C=CCCCCCCCC(=O)O[C@H](C=C)CCCCCCC. The van der Waals surface area contributed by atoms with Crippen LogP contribution in [0.15, 0.2) is 25.3 Å². The summed E-state index contributed by atoms with van der Waals surface area (Å²) in [7, 11) is 0. The summed E-state index contributed by atoms with van der Waals surface area (Å²) in [6.07, 6.45) is 18.1. The summed E-state index contributed by atoms with van der Waals surface area (Å²) in [6, 6.07) is 0. The Morgan fingerprint density at radius 3 is 2.27 bits per heavy atom. The van der Waals surface area contributed by atoms with Crippen LogP contribution in [-0.4, -0.2) is 12.1 Å². The van der Waals surface area contributed by atoms with Crippen molar-refractivity contribution < 1.29 is 9.53 Å². The minimum absolute atomic E-state index is 0.0652. The number of esters is 1. The van der Waals surface area contributed by atoms with Crippen molar-refractivity contribution in [1.29, 1.82) is 0 Å². The maximum atomic E-state index is 11.8. The molecule has 0 aromatic rings. The van der Waals surface area contributed by atoms with E-state index in [-0.39, 0.29) is 12.1 Å². The lowest BCUT2D eigenvalue weighted by molar-refractivity contribution is -0.147. The zero-order valence-electron chi connectivity index (χ0n) is 14.7. The highest BCUT2D eigenvalue weighted by molar-refractivity contribution is 5.69. The molecule has 128 valence electrons. The van der Waals surface area contributed by atoms with Gasteiger partial charge < -0.3 is 4.74 Å². The van der Waals surface area contributed by atoms with Crippen LogP contribution in [0.4, 0.5) is 0 Å². The number of hydrogen-bond acceptors (Lipinski definition) is 2. The van der Waals surface area contributed by atoms with Gasteiger partial charge in [-0.15, -0.1) is 6.58 Å². The van der Waals surface area contributed by atoms with Gasteiger partial charge in [0.25, 0.3) is 0 Å². The lowest BCUT2D eigenvalue weighted by Gasteiger charge is -2.14. The van der Waals surface area contributed by atoms with Crippen LogP contribution in [0.2, 0.25) is 0 Å². The molecule has 0 aromatic heterocycles. The van der Waals surface area contributed by atoms with Crippen LogP contribution in [-0.2, 0) is 9.53 Å². The maximum absolute atomic E-state index is 11.8. The normalized spacial score (nSPS) is 11.9. The van der Waals surface area contributed by atoms with E-state index >= 15 is 0 Å². The van der Waals surface area contributed by atoms with Gasteiger partial charge in [0.1, 0.15) is 6.10 Å². The monoisotopic (exact) mass is 308 g/mol. The highest BCUT2D eigenvalue weighted by atomic mass is 16.5. The van der Waals surface area contributed by atoms with Gasteiger partial charge in [-0.25, -0.2) is 0 Å². The largest absolute Gasteiger partial charge is 0.458 e. The predicted molar refractivity (Wildman–Crippen MR) is 96.0 cm³/mol. The van der Waals surface area contributed by atoms with E-state index in [0.29, 0.717) is 6.42 Å². The Balaban J connectivity index is 3.56. The molecule has 0 radical (unpaired) electrons. The van der Waals surface area contributed by atoms with Gasteiger partial charge in [0, 0.05) is 6.42 Å². The van der Waals surface area contributed by atoms with Crippen molar-refractivity contribution in [1.82, 2.24) is 0 Å². The fraction of sp³-hybridized carbons (Fsp3) is 0.750.